The van der Waals surface area contributed by atoms with Gasteiger partial charge in [-0.15, -0.1) is 11.3 Å². The first-order chi connectivity index (χ1) is 10.7. The van der Waals surface area contributed by atoms with E-state index in [-0.39, 0.29) is 5.97 Å². The van der Waals surface area contributed by atoms with Crippen molar-refractivity contribution in [2.24, 2.45) is 0 Å². The predicted molar refractivity (Wildman–Crippen MR) is 93.6 cm³/mol. The standard InChI is InChI=1S/C17H21BO4S/c1-10-13-11(18-21-16(2,3)17(4,5)22-18)8-7-9-12(13)23-14(10)15(19)20-6/h7-9H,1-6H3. The molecule has 0 saturated carbocycles. The van der Waals surface area contributed by atoms with Gasteiger partial charge in [0.25, 0.3) is 0 Å². The smallest absolute Gasteiger partial charge is 0.465 e. The number of carbonyl (C=O) groups is 1. The predicted octanol–water partition coefficient (Wildman–Crippen LogP) is 3.30. The van der Waals surface area contributed by atoms with Crippen LogP contribution >= 0.6 is 11.3 Å². The summed E-state index contributed by atoms with van der Waals surface area (Å²) in [6, 6.07) is 5.99. The van der Waals surface area contributed by atoms with Crippen molar-refractivity contribution in [3.8, 4) is 0 Å². The highest BCUT2D eigenvalue weighted by atomic mass is 32.1. The highest BCUT2D eigenvalue weighted by Gasteiger charge is 2.52. The van der Waals surface area contributed by atoms with Crippen LogP contribution in [0, 0.1) is 6.92 Å². The Labute approximate surface area is 140 Å². The minimum Gasteiger partial charge on any atom is -0.465 e. The number of hydrogen-bond acceptors (Lipinski definition) is 5. The lowest BCUT2D eigenvalue weighted by Gasteiger charge is -2.32. The van der Waals surface area contributed by atoms with Gasteiger partial charge in [0, 0.05) is 4.70 Å². The minimum absolute atomic E-state index is 0.302. The average molecular weight is 332 g/mol. The Morgan fingerprint density at radius 1 is 1.17 bits per heavy atom. The third kappa shape index (κ3) is 2.49. The second-order valence-corrected chi connectivity index (χ2v) is 7.91. The van der Waals surface area contributed by atoms with Crippen LogP contribution in [0.5, 0.6) is 0 Å². The molecule has 0 amide bonds. The fourth-order valence-corrected chi connectivity index (χ4v) is 3.95. The number of aryl methyl sites for hydroxylation is 1. The van der Waals surface area contributed by atoms with Crippen molar-refractivity contribution in [2.45, 2.75) is 45.8 Å². The van der Waals surface area contributed by atoms with E-state index in [9.17, 15) is 4.79 Å². The Kier molecular flexibility index (Phi) is 3.82. The summed E-state index contributed by atoms with van der Waals surface area (Å²) in [5.74, 6) is -0.302. The van der Waals surface area contributed by atoms with Gasteiger partial charge in [0.2, 0.25) is 0 Å². The van der Waals surface area contributed by atoms with Gasteiger partial charge in [-0.3, -0.25) is 0 Å². The number of ether oxygens (including phenoxy) is 1. The Bertz CT molecular complexity index is 762. The van der Waals surface area contributed by atoms with E-state index in [0.29, 0.717) is 4.88 Å². The number of esters is 1. The fraction of sp³-hybridized carbons (Fsp3) is 0.471. The van der Waals surface area contributed by atoms with Gasteiger partial charge in [-0.1, -0.05) is 12.1 Å². The maximum absolute atomic E-state index is 12.0. The zero-order valence-electron chi connectivity index (χ0n) is 14.4. The van der Waals surface area contributed by atoms with Gasteiger partial charge >= 0.3 is 13.1 Å². The SMILES string of the molecule is COC(=O)c1sc2cccc(B3OC(C)(C)C(C)(C)O3)c2c1C. The van der Waals surface area contributed by atoms with Crippen LogP contribution in [-0.2, 0) is 14.0 Å². The monoisotopic (exact) mass is 332 g/mol. The number of carbonyl (C=O) groups excluding carboxylic acids is 1. The van der Waals surface area contributed by atoms with Crippen LogP contribution in [0.25, 0.3) is 10.1 Å². The van der Waals surface area contributed by atoms with Crippen molar-refractivity contribution in [1.82, 2.24) is 0 Å². The number of fused-ring (bicyclic) bond motifs is 1. The van der Waals surface area contributed by atoms with Crippen LogP contribution < -0.4 is 5.46 Å². The first-order valence-electron chi connectivity index (χ1n) is 7.64. The van der Waals surface area contributed by atoms with Crippen LogP contribution in [0.2, 0.25) is 0 Å². The molecule has 23 heavy (non-hydrogen) atoms. The number of thiophene rings is 1. The van der Waals surface area contributed by atoms with E-state index in [0.717, 1.165) is 21.1 Å². The molecule has 0 unspecified atom stereocenters. The summed E-state index contributed by atoms with van der Waals surface area (Å²) < 4.78 is 18.3. The maximum Gasteiger partial charge on any atom is 0.495 e. The lowest BCUT2D eigenvalue weighted by Crippen LogP contribution is -2.41. The van der Waals surface area contributed by atoms with Crippen LogP contribution in [0.4, 0.5) is 0 Å². The first-order valence-corrected chi connectivity index (χ1v) is 8.45. The summed E-state index contributed by atoms with van der Waals surface area (Å²) in [4.78, 5) is 12.6. The summed E-state index contributed by atoms with van der Waals surface area (Å²) in [5, 5.41) is 1.02. The van der Waals surface area contributed by atoms with E-state index in [1.807, 2.05) is 52.8 Å². The molecule has 0 spiro atoms. The molecule has 122 valence electrons. The molecule has 4 nitrogen and oxygen atoms in total. The molecule has 2 heterocycles. The Morgan fingerprint density at radius 3 is 2.35 bits per heavy atom. The molecule has 1 aliphatic rings. The van der Waals surface area contributed by atoms with E-state index in [1.54, 1.807) is 0 Å². The summed E-state index contributed by atoms with van der Waals surface area (Å²) in [5.41, 5.74) is 1.09. The molecule has 1 fully saturated rings. The molecule has 2 aromatic rings. The number of hydrogen-bond donors (Lipinski definition) is 0. The minimum atomic E-state index is -0.442. The first kappa shape index (κ1) is 16.5. The maximum atomic E-state index is 12.0. The van der Waals surface area contributed by atoms with E-state index in [2.05, 4.69) is 0 Å². The molecule has 0 atom stereocenters. The van der Waals surface area contributed by atoms with Gasteiger partial charge in [0.1, 0.15) is 4.88 Å². The van der Waals surface area contributed by atoms with Gasteiger partial charge < -0.3 is 14.0 Å². The molecular weight excluding hydrogens is 311 g/mol. The van der Waals surface area contributed by atoms with Crippen LogP contribution in [0.1, 0.15) is 42.9 Å². The average Bonchev–Trinajstić information content (AvgIpc) is 2.92. The third-order valence-corrected chi connectivity index (χ3v) is 6.10. The van der Waals surface area contributed by atoms with Gasteiger partial charge in [-0.2, -0.15) is 0 Å². The lowest BCUT2D eigenvalue weighted by molar-refractivity contribution is 0.00578. The second-order valence-electron chi connectivity index (χ2n) is 6.86. The van der Waals surface area contributed by atoms with E-state index < -0.39 is 18.3 Å². The fourth-order valence-electron chi connectivity index (χ4n) is 2.79. The zero-order chi connectivity index (χ0) is 17.0. The molecule has 1 aromatic heterocycles. The molecule has 1 aromatic carbocycles. The summed E-state index contributed by atoms with van der Waals surface area (Å²) in [6.45, 7) is 10.1. The van der Waals surface area contributed by atoms with Gasteiger partial charge in [0.15, 0.2) is 0 Å². The van der Waals surface area contributed by atoms with Crippen molar-refractivity contribution in [3.63, 3.8) is 0 Å². The van der Waals surface area contributed by atoms with Crippen LogP contribution in [0.3, 0.4) is 0 Å². The number of methoxy groups -OCH3 is 1. The van der Waals surface area contributed by atoms with E-state index in [1.165, 1.54) is 18.4 Å². The largest absolute Gasteiger partial charge is 0.495 e. The highest BCUT2D eigenvalue weighted by Crippen LogP contribution is 2.38. The molecule has 1 saturated heterocycles. The van der Waals surface area contributed by atoms with Crippen molar-refractivity contribution in [2.75, 3.05) is 7.11 Å². The van der Waals surface area contributed by atoms with Crippen molar-refractivity contribution in [3.05, 3.63) is 28.6 Å². The Hall–Kier alpha value is -1.37. The van der Waals surface area contributed by atoms with Crippen molar-refractivity contribution >= 4 is 40.0 Å². The lowest BCUT2D eigenvalue weighted by atomic mass is 9.76. The molecule has 6 heteroatoms. The topological polar surface area (TPSA) is 44.8 Å². The zero-order valence-corrected chi connectivity index (χ0v) is 15.2. The second kappa shape index (κ2) is 5.33. The van der Waals surface area contributed by atoms with Crippen molar-refractivity contribution in [1.29, 1.82) is 0 Å². The normalized spacial score (nSPS) is 19.3. The van der Waals surface area contributed by atoms with Crippen LogP contribution in [0.15, 0.2) is 18.2 Å². The Morgan fingerprint density at radius 2 is 1.78 bits per heavy atom. The third-order valence-electron chi connectivity index (χ3n) is 4.86. The molecule has 0 radical (unpaired) electrons. The van der Waals surface area contributed by atoms with E-state index >= 15 is 0 Å². The molecule has 0 bridgehead atoms. The molecular formula is C17H21BO4S. The molecule has 3 rings (SSSR count). The van der Waals surface area contributed by atoms with Crippen molar-refractivity contribution < 1.29 is 18.8 Å². The number of rotatable bonds is 2. The molecule has 0 aliphatic carbocycles. The Balaban J connectivity index is 2.13. The molecule has 1 aliphatic heterocycles. The van der Waals surface area contributed by atoms with Gasteiger partial charge in [-0.25, -0.2) is 4.79 Å². The van der Waals surface area contributed by atoms with Gasteiger partial charge in [0.05, 0.1) is 18.3 Å². The summed E-state index contributed by atoms with van der Waals surface area (Å²) in [7, 11) is 0.962. The van der Waals surface area contributed by atoms with E-state index in [4.69, 9.17) is 14.0 Å². The summed E-state index contributed by atoms with van der Waals surface area (Å²) >= 11 is 1.44. The van der Waals surface area contributed by atoms with Gasteiger partial charge in [-0.05, 0) is 57.1 Å². The molecule has 0 N–H and O–H groups in total. The number of benzene rings is 1. The highest BCUT2D eigenvalue weighted by molar-refractivity contribution is 7.21. The quantitative estimate of drug-likeness (QED) is 0.625. The van der Waals surface area contributed by atoms with Crippen LogP contribution in [-0.4, -0.2) is 31.4 Å². The summed E-state index contributed by atoms with van der Waals surface area (Å²) in [6.07, 6.45) is 0.